The van der Waals surface area contributed by atoms with Gasteiger partial charge in [-0.25, -0.2) is 14.3 Å². The Balaban J connectivity index is 1.52. The van der Waals surface area contributed by atoms with Crippen molar-refractivity contribution in [3.05, 3.63) is 59.2 Å². The number of aliphatic carboxylic acids is 1. The van der Waals surface area contributed by atoms with Gasteiger partial charge in [0.1, 0.15) is 5.75 Å². The van der Waals surface area contributed by atoms with Crippen LogP contribution in [0.1, 0.15) is 67.9 Å². The largest absolute Gasteiger partial charge is 0.540 e. The van der Waals surface area contributed by atoms with E-state index in [9.17, 15) is 37.1 Å². The minimum absolute atomic E-state index is 0.0743. The van der Waals surface area contributed by atoms with Crippen LogP contribution in [0.3, 0.4) is 0 Å². The number of hydrogen-bond donors (Lipinski definition) is 4. The molecule has 0 saturated heterocycles. The summed E-state index contributed by atoms with van der Waals surface area (Å²) in [6.07, 6.45) is -7.49. The zero-order valence-corrected chi connectivity index (χ0v) is 24.4. The molecule has 1 saturated carbocycles. The monoisotopic (exact) mass is 625 g/mol. The summed E-state index contributed by atoms with van der Waals surface area (Å²) in [6.45, 7) is 6.12. The highest BCUT2D eigenvalue weighted by Gasteiger charge is 2.54. The number of benzene rings is 2. The number of nitrogens with one attached hydrogen (secondary N) is 2. The van der Waals surface area contributed by atoms with Gasteiger partial charge in [0.05, 0.1) is 12.1 Å². The number of alkyl halides is 4. The average molecular weight is 626 g/mol. The van der Waals surface area contributed by atoms with Crippen molar-refractivity contribution in [2.24, 2.45) is 11.3 Å². The predicted molar refractivity (Wildman–Crippen MR) is 149 cm³/mol. The molecule has 240 valence electrons. The quantitative estimate of drug-likeness (QED) is 0.284. The fraction of sp³-hybridized carbons (Fsp3) is 0.500. The van der Waals surface area contributed by atoms with Crippen LogP contribution in [-0.4, -0.2) is 58.0 Å². The van der Waals surface area contributed by atoms with E-state index >= 15 is 0 Å². The van der Waals surface area contributed by atoms with E-state index in [1.807, 2.05) is 0 Å². The number of carboxylic acids is 1. The topological polar surface area (TPSA) is 137 Å². The molecule has 44 heavy (non-hydrogen) atoms. The van der Waals surface area contributed by atoms with E-state index in [4.69, 9.17) is 5.11 Å². The van der Waals surface area contributed by atoms with Crippen LogP contribution >= 0.6 is 0 Å². The number of amides is 3. The maximum atomic E-state index is 14.3. The summed E-state index contributed by atoms with van der Waals surface area (Å²) >= 11 is 0. The van der Waals surface area contributed by atoms with Gasteiger partial charge in [-0.2, -0.15) is 8.78 Å². The molecule has 4 rings (SSSR count). The number of urea groups is 1. The number of aliphatic hydroxyl groups is 1. The lowest BCUT2D eigenvalue weighted by molar-refractivity contribution is -0.461. The first-order valence-electron chi connectivity index (χ1n) is 14.1. The Morgan fingerprint density at radius 1 is 1.02 bits per heavy atom. The third-order valence-corrected chi connectivity index (χ3v) is 7.95. The summed E-state index contributed by atoms with van der Waals surface area (Å²) in [5, 5.41) is 23.1. The number of halogens is 4. The van der Waals surface area contributed by atoms with Gasteiger partial charge in [-0.15, -0.1) is 8.78 Å². The second-order valence-electron chi connectivity index (χ2n) is 12.1. The Labute approximate surface area is 251 Å². The molecule has 0 spiro atoms. The standard InChI is InChI=1S/C30H35F4N3O7/c1-28(2,3)19-8-11-21(12-9-19)37(16-17-4-6-18(7-5-17)25(39)35-15-23(38)26(40)41)27(42)36-20-10-13-24-22(14-20)29(31,32)44-30(33,34)43-24/h4-7,10,13-14,19,21,23,38H,8-9,11-12,15-16H2,1-3H3,(H,35,39)(H,36,42)(H,40,41)/t19?,21?,23-/m1/s1. The zero-order valence-electron chi connectivity index (χ0n) is 24.4. The molecular formula is C30H35F4N3O7. The second-order valence-corrected chi connectivity index (χ2v) is 12.1. The number of aliphatic hydroxyl groups excluding tert-OH is 1. The molecule has 0 unspecified atom stereocenters. The Morgan fingerprint density at radius 3 is 2.25 bits per heavy atom. The first-order valence-corrected chi connectivity index (χ1v) is 14.1. The molecule has 0 aromatic heterocycles. The van der Waals surface area contributed by atoms with Gasteiger partial charge < -0.3 is 30.5 Å². The highest BCUT2D eigenvalue weighted by Crippen LogP contribution is 2.47. The zero-order chi connectivity index (χ0) is 32.4. The number of hydrogen-bond acceptors (Lipinski definition) is 6. The number of anilines is 1. The summed E-state index contributed by atoms with van der Waals surface area (Å²) in [5.41, 5.74) is -0.0816. The molecule has 0 radical (unpaired) electrons. The van der Waals surface area contributed by atoms with Crippen molar-refractivity contribution in [3.8, 4) is 5.75 Å². The first kappa shape index (κ1) is 33.0. The lowest BCUT2D eigenvalue weighted by Gasteiger charge is -2.41. The Morgan fingerprint density at radius 2 is 1.66 bits per heavy atom. The minimum atomic E-state index is -4.51. The Kier molecular flexibility index (Phi) is 9.45. The van der Waals surface area contributed by atoms with Gasteiger partial charge in [0.25, 0.3) is 5.91 Å². The number of rotatable bonds is 8. The molecule has 2 aromatic carbocycles. The van der Waals surface area contributed by atoms with Crippen molar-refractivity contribution < 1.29 is 51.6 Å². The van der Waals surface area contributed by atoms with Crippen molar-refractivity contribution in [2.75, 3.05) is 11.9 Å². The first-order chi connectivity index (χ1) is 20.4. The van der Waals surface area contributed by atoms with E-state index in [1.165, 1.54) is 18.2 Å². The minimum Gasteiger partial charge on any atom is -0.479 e. The number of carboxylic acid groups (broad SMARTS) is 1. The summed E-state index contributed by atoms with van der Waals surface area (Å²) in [7, 11) is 0. The predicted octanol–water partition coefficient (Wildman–Crippen LogP) is 5.51. The fourth-order valence-corrected chi connectivity index (χ4v) is 5.43. The number of carbonyl (C=O) groups excluding carboxylic acids is 2. The highest BCUT2D eigenvalue weighted by atomic mass is 19.3. The molecule has 3 amide bonds. The van der Waals surface area contributed by atoms with Crippen molar-refractivity contribution >= 4 is 23.6 Å². The van der Waals surface area contributed by atoms with Gasteiger partial charge in [-0.3, -0.25) is 4.79 Å². The molecule has 1 aliphatic heterocycles. The smallest absolute Gasteiger partial charge is 0.479 e. The molecular weight excluding hydrogens is 590 g/mol. The molecule has 10 nitrogen and oxygen atoms in total. The molecule has 1 fully saturated rings. The van der Waals surface area contributed by atoms with Gasteiger partial charge in [0.2, 0.25) is 0 Å². The van der Waals surface area contributed by atoms with E-state index < -0.39 is 54.3 Å². The van der Waals surface area contributed by atoms with E-state index in [2.05, 4.69) is 40.9 Å². The van der Waals surface area contributed by atoms with Gasteiger partial charge in [-0.1, -0.05) is 32.9 Å². The van der Waals surface area contributed by atoms with Crippen LogP contribution in [0.5, 0.6) is 5.75 Å². The number of nitrogens with zero attached hydrogens (tertiary/aromatic N) is 1. The van der Waals surface area contributed by atoms with Crippen molar-refractivity contribution in [1.29, 1.82) is 0 Å². The van der Waals surface area contributed by atoms with Crippen LogP contribution < -0.4 is 15.4 Å². The highest BCUT2D eigenvalue weighted by molar-refractivity contribution is 5.94. The molecule has 2 aliphatic rings. The lowest BCUT2D eigenvalue weighted by atomic mass is 9.71. The summed E-state index contributed by atoms with van der Waals surface area (Å²) in [5.74, 6) is -2.39. The fourth-order valence-electron chi connectivity index (χ4n) is 5.43. The number of carbonyl (C=O) groups is 3. The molecule has 1 atom stereocenters. The molecule has 1 aliphatic carbocycles. The van der Waals surface area contributed by atoms with Gasteiger partial charge in [0, 0.05) is 23.8 Å². The average Bonchev–Trinajstić information content (AvgIpc) is 2.93. The van der Waals surface area contributed by atoms with E-state index in [-0.39, 0.29) is 29.3 Å². The van der Waals surface area contributed by atoms with E-state index in [0.29, 0.717) is 24.3 Å². The van der Waals surface area contributed by atoms with E-state index in [1.54, 1.807) is 17.0 Å². The van der Waals surface area contributed by atoms with Crippen LogP contribution in [0.15, 0.2) is 42.5 Å². The lowest BCUT2D eigenvalue weighted by Crippen LogP contribution is -2.45. The van der Waals surface area contributed by atoms with Crippen molar-refractivity contribution in [1.82, 2.24) is 10.2 Å². The second kappa shape index (κ2) is 12.6. The molecule has 14 heteroatoms. The summed E-state index contributed by atoms with van der Waals surface area (Å²) in [4.78, 5) is 38.3. The maximum Gasteiger partial charge on any atom is 0.540 e. The Hall–Kier alpha value is -3.91. The van der Waals surface area contributed by atoms with Crippen molar-refractivity contribution in [3.63, 3.8) is 0 Å². The Bertz CT molecular complexity index is 1370. The van der Waals surface area contributed by atoms with Crippen LogP contribution in [0.4, 0.5) is 28.0 Å². The maximum absolute atomic E-state index is 14.3. The summed E-state index contributed by atoms with van der Waals surface area (Å²) < 4.78 is 63.2. The van der Waals surface area contributed by atoms with Crippen LogP contribution in [0, 0.1) is 11.3 Å². The van der Waals surface area contributed by atoms with Gasteiger partial charge >= 0.3 is 24.4 Å². The van der Waals surface area contributed by atoms with Gasteiger partial charge in [0.15, 0.2) is 6.10 Å². The van der Waals surface area contributed by atoms with Crippen LogP contribution in [-0.2, 0) is 22.2 Å². The molecule has 0 bridgehead atoms. The molecule has 2 aromatic rings. The van der Waals surface area contributed by atoms with E-state index in [0.717, 1.165) is 25.0 Å². The number of fused-ring (bicyclic) bond motifs is 1. The third kappa shape index (κ3) is 7.97. The van der Waals surface area contributed by atoms with Crippen LogP contribution in [0.2, 0.25) is 0 Å². The summed E-state index contributed by atoms with van der Waals surface area (Å²) in [6, 6.07) is 8.35. The number of ether oxygens (including phenoxy) is 2. The normalized spacial score (nSPS) is 21.3. The van der Waals surface area contributed by atoms with Gasteiger partial charge in [-0.05, 0) is 72.9 Å². The van der Waals surface area contributed by atoms with Crippen LogP contribution in [0.25, 0.3) is 0 Å². The third-order valence-electron chi connectivity index (χ3n) is 7.95. The SMILES string of the molecule is CC(C)(C)C1CCC(N(Cc2ccc(C(=O)NC[C@@H](O)C(=O)O)cc2)C(=O)Nc2ccc3c(c2)C(F)(F)OC(F)(F)O3)CC1. The molecule has 4 N–H and O–H groups in total. The van der Waals surface area contributed by atoms with Crippen molar-refractivity contribution in [2.45, 2.75) is 77.5 Å². The molecule has 1 heterocycles.